The normalized spacial score (nSPS) is 18.1. The van der Waals surface area contributed by atoms with E-state index in [1.54, 1.807) is 4.90 Å². The van der Waals surface area contributed by atoms with Crippen LogP contribution in [0.25, 0.3) is 0 Å². The minimum absolute atomic E-state index is 0.0822. The zero-order valence-electron chi connectivity index (χ0n) is 14.0. The molecule has 1 fully saturated rings. The molecule has 0 aromatic carbocycles. The second-order valence-electron chi connectivity index (χ2n) is 6.40. The van der Waals surface area contributed by atoms with Crippen molar-refractivity contribution >= 4 is 12.1 Å². The van der Waals surface area contributed by atoms with Crippen LogP contribution >= 0.6 is 0 Å². The van der Waals surface area contributed by atoms with Crippen LogP contribution in [0.15, 0.2) is 18.3 Å². The zero-order chi connectivity index (χ0) is 17.7. The van der Waals surface area contributed by atoms with Gasteiger partial charge in [0, 0.05) is 18.8 Å². The van der Waals surface area contributed by atoms with Crippen molar-refractivity contribution in [2.24, 2.45) is 0 Å². The highest BCUT2D eigenvalue weighted by atomic mass is 16.6. The molecule has 2 heterocycles. The Bertz CT molecular complexity index is 581. The molecule has 1 aromatic heterocycles. The minimum atomic E-state index is -1.05. The highest BCUT2D eigenvalue weighted by molar-refractivity contribution is 5.87. The third-order valence-corrected chi connectivity index (χ3v) is 3.26. The van der Waals surface area contributed by atoms with Crippen LogP contribution in [0.5, 0.6) is 5.88 Å². The van der Waals surface area contributed by atoms with Gasteiger partial charge in [-0.25, -0.2) is 14.6 Å². The number of amides is 1. The Hall–Kier alpha value is -2.35. The molecule has 8 nitrogen and oxygen atoms in total. The number of pyridine rings is 1. The predicted octanol–water partition coefficient (Wildman–Crippen LogP) is 1.79. The molecule has 0 radical (unpaired) electrons. The number of morpholine rings is 1. The molecular formula is C16H22N2O6. The van der Waals surface area contributed by atoms with E-state index in [4.69, 9.17) is 19.3 Å². The second kappa shape index (κ2) is 7.48. The molecule has 1 atom stereocenters. The quantitative estimate of drug-likeness (QED) is 0.893. The molecule has 2 rings (SSSR count). The van der Waals surface area contributed by atoms with Crippen molar-refractivity contribution in [3.63, 3.8) is 0 Å². The third-order valence-electron chi connectivity index (χ3n) is 3.26. The second-order valence-corrected chi connectivity index (χ2v) is 6.40. The van der Waals surface area contributed by atoms with E-state index in [0.29, 0.717) is 19.8 Å². The van der Waals surface area contributed by atoms with Gasteiger partial charge in [-0.1, -0.05) is 0 Å². The van der Waals surface area contributed by atoms with Gasteiger partial charge in [-0.2, -0.15) is 0 Å². The summed E-state index contributed by atoms with van der Waals surface area (Å²) < 4.78 is 16.4. The van der Waals surface area contributed by atoms with Crippen molar-refractivity contribution in [3.8, 4) is 5.88 Å². The molecule has 0 saturated carbocycles. The largest absolute Gasteiger partial charge is 0.478 e. The molecule has 1 amide bonds. The highest BCUT2D eigenvalue weighted by Crippen LogP contribution is 2.16. The van der Waals surface area contributed by atoms with Gasteiger partial charge in [-0.05, 0) is 26.8 Å². The van der Waals surface area contributed by atoms with Crippen LogP contribution in [0.1, 0.15) is 31.1 Å². The number of ether oxygens (including phenoxy) is 3. The monoisotopic (exact) mass is 338 g/mol. The Labute approximate surface area is 140 Å². The van der Waals surface area contributed by atoms with Crippen LogP contribution in [0, 0.1) is 0 Å². The van der Waals surface area contributed by atoms with Crippen LogP contribution in [0.2, 0.25) is 0 Å². The SMILES string of the molecule is CC(C)(C)OC(=O)N1CCOCC1COc1ccc(C(=O)O)cn1. The number of carboxylic acid groups (broad SMARTS) is 1. The van der Waals surface area contributed by atoms with Gasteiger partial charge in [0.1, 0.15) is 12.2 Å². The Morgan fingerprint density at radius 2 is 2.17 bits per heavy atom. The number of carbonyl (C=O) groups is 2. The molecule has 132 valence electrons. The van der Waals surface area contributed by atoms with E-state index in [9.17, 15) is 9.59 Å². The molecule has 24 heavy (non-hydrogen) atoms. The van der Waals surface area contributed by atoms with E-state index in [0.717, 1.165) is 0 Å². The molecule has 0 aliphatic carbocycles. The van der Waals surface area contributed by atoms with Crippen molar-refractivity contribution < 1.29 is 28.9 Å². The number of hydrogen-bond donors (Lipinski definition) is 1. The van der Waals surface area contributed by atoms with E-state index in [-0.39, 0.29) is 24.1 Å². The number of carboxylic acids is 1. The summed E-state index contributed by atoms with van der Waals surface area (Å²) >= 11 is 0. The fourth-order valence-corrected chi connectivity index (χ4v) is 2.13. The first kappa shape index (κ1) is 18.0. The molecule has 1 saturated heterocycles. The lowest BCUT2D eigenvalue weighted by Crippen LogP contribution is -2.52. The summed E-state index contributed by atoms with van der Waals surface area (Å²) in [4.78, 5) is 28.6. The van der Waals surface area contributed by atoms with Gasteiger partial charge in [0.2, 0.25) is 5.88 Å². The average Bonchev–Trinajstić information content (AvgIpc) is 2.52. The molecule has 0 bridgehead atoms. The Morgan fingerprint density at radius 3 is 2.75 bits per heavy atom. The number of nitrogens with zero attached hydrogens (tertiary/aromatic N) is 2. The Kier molecular flexibility index (Phi) is 5.61. The topological polar surface area (TPSA) is 98.2 Å². The fourth-order valence-electron chi connectivity index (χ4n) is 2.13. The summed E-state index contributed by atoms with van der Waals surface area (Å²) in [7, 11) is 0. The van der Waals surface area contributed by atoms with E-state index in [2.05, 4.69) is 4.98 Å². The summed E-state index contributed by atoms with van der Waals surface area (Å²) in [6.45, 7) is 6.82. The van der Waals surface area contributed by atoms with Gasteiger partial charge in [-0.15, -0.1) is 0 Å². The van der Waals surface area contributed by atoms with E-state index >= 15 is 0 Å². The number of hydrogen-bond acceptors (Lipinski definition) is 6. The van der Waals surface area contributed by atoms with E-state index in [1.165, 1.54) is 18.3 Å². The molecule has 0 spiro atoms. The van der Waals surface area contributed by atoms with Crippen LogP contribution in [0.4, 0.5) is 4.79 Å². The third kappa shape index (κ3) is 5.09. The molecule has 1 aliphatic rings. The van der Waals surface area contributed by atoms with Crippen LogP contribution in [-0.4, -0.2) is 65.1 Å². The van der Waals surface area contributed by atoms with Crippen molar-refractivity contribution in [2.45, 2.75) is 32.4 Å². The number of rotatable bonds is 4. The van der Waals surface area contributed by atoms with Gasteiger partial charge < -0.3 is 19.3 Å². The van der Waals surface area contributed by atoms with E-state index < -0.39 is 17.7 Å². The first-order valence-electron chi connectivity index (χ1n) is 7.66. The van der Waals surface area contributed by atoms with Gasteiger partial charge in [0.15, 0.2) is 0 Å². The Balaban J connectivity index is 1.95. The smallest absolute Gasteiger partial charge is 0.410 e. The van der Waals surface area contributed by atoms with Gasteiger partial charge in [0.25, 0.3) is 0 Å². The fraction of sp³-hybridized carbons (Fsp3) is 0.562. The molecule has 1 aliphatic heterocycles. The van der Waals surface area contributed by atoms with Crippen molar-refractivity contribution in [1.82, 2.24) is 9.88 Å². The molecule has 1 aromatic rings. The first-order valence-corrected chi connectivity index (χ1v) is 7.66. The standard InChI is InChI=1S/C16H22N2O6/c1-16(2,3)24-15(21)18-6-7-22-9-12(18)10-23-13-5-4-11(8-17-13)14(19)20/h4-5,8,12H,6-7,9-10H2,1-3H3,(H,19,20). The first-order chi connectivity index (χ1) is 11.3. The van der Waals surface area contributed by atoms with E-state index in [1.807, 2.05) is 20.8 Å². The summed E-state index contributed by atoms with van der Waals surface area (Å²) in [5, 5.41) is 8.84. The molecule has 8 heteroatoms. The Morgan fingerprint density at radius 1 is 1.42 bits per heavy atom. The van der Waals surface area contributed by atoms with Crippen LogP contribution in [0.3, 0.4) is 0 Å². The van der Waals surface area contributed by atoms with Crippen molar-refractivity contribution in [3.05, 3.63) is 23.9 Å². The predicted molar refractivity (Wildman–Crippen MR) is 84.2 cm³/mol. The van der Waals surface area contributed by atoms with Gasteiger partial charge in [0.05, 0.1) is 24.8 Å². The van der Waals surface area contributed by atoms with Crippen LogP contribution < -0.4 is 4.74 Å². The lowest BCUT2D eigenvalue weighted by Gasteiger charge is -2.36. The highest BCUT2D eigenvalue weighted by Gasteiger charge is 2.31. The van der Waals surface area contributed by atoms with Crippen molar-refractivity contribution in [1.29, 1.82) is 0 Å². The molecular weight excluding hydrogens is 316 g/mol. The lowest BCUT2D eigenvalue weighted by atomic mass is 10.2. The molecule has 1 unspecified atom stereocenters. The van der Waals surface area contributed by atoms with Gasteiger partial charge in [-0.3, -0.25) is 4.90 Å². The average molecular weight is 338 g/mol. The maximum atomic E-state index is 12.3. The number of carbonyl (C=O) groups excluding carboxylic acids is 1. The van der Waals surface area contributed by atoms with Crippen LogP contribution in [-0.2, 0) is 9.47 Å². The number of aromatic carboxylic acids is 1. The zero-order valence-corrected chi connectivity index (χ0v) is 14.0. The summed E-state index contributed by atoms with van der Waals surface area (Å²) in [6, 6.07) is 2.59. The van der Waals surface area contributed by atoms with Crippen molar-refractivity contribution in [2.75, 3.05) is 26.4 Å². The summed E-state index contributed by atoms with van der Waals surface area (Å²) in [6.07, 6.45) is 0.814. The maximum absolute atomic E-state index is 12.3. The number of aromatic nitrogens is 1. The lowest BCUT2D eigenvalue weighted by molar-refractivity contribution is -0.0421. The summed E-state index contributed by atoms with van der Waals surface area (Å²) in [5.74, 6) is -0.763. The van der Waals surface area contributed by atoms with Gasteiger partial charge >= 0.3 is 12.1 Å². The minimum Gasteiger partial charge on any atom is -0.478 e. The maximum Gasteiger partial charge on any atom is 0.410 e. The molecule has 1 N–H and O–H groups in total. The summed E-state index contributed by atoms with van der Waals surface area (Å²) in [5.41, 5.74) is -0.492.